The lowest BCUT2D eigenvalue weighted by Crippen LogP contribution is -2.03. The smallest absolute Gasteiger partial charge is 0.303 e. The van der Waals surface area contributed by atoms with Gasteiger partial charge in [-0.15, -0.1) is 0 Å². The number of hydrogen-bond acceptors (Lipinski definition) is 2. The van der Waals surface area contributed by atoms with Crippen LogP contribution < -0.4 is 0 Å². The molecule has 1 aromatic carbocycles. The Labute approximate surface area is 82.4 Å². The summed E-state index contributed by atoms with van der Waals surface area (Å²) in [5, 5.41) is 8.40. The first-order valence-electron chi connectivity index (χ1n) is 4.26. The van der Waals surface area contributed by atoms with Crippen LogP contribution in [0.25, 0.3) is 0 Å². The van der Waals surface area contributed by atoms with Crippen molar-refractivity contribution in [2.24, 2.45) is 0 Å². The Morgan fingerprint density at radius 2 is 2.00 bits per heavy atom. The van der Waals surface area contributed by atoms with E-state index in [1.54, 1.807) is 24.3 Å². The Morgan fingerprint density at radius 1 is 1.29 bits per heavy atom. The average molecular weight is 191 g/mol. The SMILES string of the molecule is [CH2]c1cccc(C(=O)CCC(=O)O)c1. The van der Waals surface area contributed by atoms with Gasteiger partial charge in [0.25, 0.3) is 0 Å². The van der Waals surface area contributed by atoms with E-state index in [2.05, 4.69) is 6.92 Å². The van der Waals surface area contributed by atoms with Gasteiger partial charge in [-0.05, 0) is 18.6 Å². The van der Waals surface area contributed by atoms with Gasteiger partial charge in [-0.2, -0.15) is 0 Å². The number of aliphatic carboxylic acids is 1. The number of benzene rings is 1. The van der Waals surface area contributed by atoms with Crippen molar-refractivity contribution >= 4 is 11.8 Å². The fourth-order valence-corrected chi connectivity index (χ4v) is 1.11. The standard InChI is InChI=1S/C11H11O3/c1-8-3-2-4-9(7-8)10(12)5-6-11(13)14/h2-4,7H,1,5-6H2,(H,13,14). The summed E-state index contributed by atoms with van der Waals surface area (Å²) in [6.45, 7) is 3.69. The fraction of sp³-hybridized carbons (Fsp3) is 0.182. The molecule has 0 amide bonds. The monoisotopic (exact) mass is 191 g/mol. The average Bonchev–Trinajstić information content (AvgIpc) is 2.14. The lowest BCUT2D eigenvalue weighted by atomic mass is 10.0. The summed E-state index contributed by atoms with van der Waals surface area (Å²) in [6.07, 6.45) is -0.0843. The van der Waals surface area contributed by atoms with Crippen LogP contribution >= 0.6 is 0 Å². The normalized spacial score (nSPS) is 9.79. The van der Waals surface area contributed by atoms with Gasteiger partial charge in [0.2, 0.25) is 0 Å². The van der Waals surface area contributed by atoms with Gasteiger partial charge in [0.1, 0.15) is 0 Å². The van der Waals surface area contributed by atoms with E-state index in [1.165, 1.54) is 0 Å². The van der Waals surface area contributed by atoms with Crippen molar-refractivity contribution < 1.29 is 14.7 Å². The molecule has 14 heavy (non-hydrogen) atoms. The lowest BCUT2D eigenvalue weighted by molar-refractivity contribution is -0.136. The molecular weight excluding hydrogens is 180 g/mol. The van der Waals surface area contributed by atoms with E-state index in [-0.39, 0.29) is 18.6 Å². The number of Topliss-reactive ketones (excluding diaryl/α,β-unsaturated/α-hetero) is 1. The van der Waals surface area contributed by atoms with Crippen LogP contribution in [0.3, 0.4) is 0 Å². The van der Waals surface area contributed by atoms with Gasteiger partial charge in [-0.1, -0.05) is 18.2 Å². The first kappa shape index (κ1) is 10.4. The minimum atomic E-state index is -0.955. The van der Waals surface area contributed by atoms with E-state index in [4.69, 9.17) is 5.11 Å². The second-order valence-electron chi connectivity index (χ2n) is 3.02. The Balaban J connectivity index is 2.65. The van der Waals surface area contributed by atoms with Gasteiger partial charge in [-0.25, -0.2) is 0 Å². The lowest BCUT2D eigenvalue weighted by Gasteiger charge is -1.99. The summed E-state index contributed by atoms with van der Waals surface area (Å²) in [4.78, 5) is 21.6. The Bertz CT molecular complexity index is 355. The summed E-state index contributed by atoms with van der Waals surface area (Å²) >= 11 is 0. The van der Waals surface area contributed by atoms with Crippen molar-refractivity contribution in [3.63, 3.8) is 0 Å². The first-order chi connectivity index (χ1) is 6.59. The predicted molar refractivity (Wildman–Crippen MR) is 52.1 cm³/mol. The van der Waals surface area contributed by atoms with Crippen LogP contribution in [0.2, 0.25) is 0 Å². The first-order valence-corrected chi connectivity index (χ1v) is 4.26. The summed E-state index contributed by atoms with van der Waals surface area (Å²) < 4.78 is 0. The second kappa shape index (κ2) is 4.56. The number of carbonyl (C=O) groups excluding carboxylic acids is 1. The van der Waals surface area contributed by atoms with Crippen molar-refractivity contribution in [3.8, 4) is 0 Å². The maximum Gasteiger partial charge on any atom is 0.303 e. The molecule has 0 saturated carbocycles. The molecule has 1 aromatic rings. The maximum absolute atomic E-state index is 11.4. The van der Waals surface area contributed by atoms with Gasteiger partial charge in [0, 0.05) is 12.0 Å². The molecule has 1 radical (unpaired) electrons. The highest BCUT2D eigenvalue weighted by Crippen LogP contribution is 2.07. The molecule has 0 aliphatic rings. The number of rotatable bonds is 4. The van der Waals surface area contributed by atoms with Gasteiger partial charge < -0.3 is 5.11 Å². The fourth-order valence-electron chi connectivity index (χ4n) is 1.11. The van der Waals surface area contributed by atoms with E-state index in [1.807, 2.05) is 0 Å². The van der Waals surface area contributed by atoms with Crippen LogP contribution in [0.15, 0.2) is 24.3 Å². The van der Waals surface area contributed by atoms with Crippen molar-refractivity contribution in [1.29, 1.82) is 0 Å². The van der Waals surface area contributed by atoms with E-state index in [0.29, 0.717) is 5.56 Å². The van der Waals surface area contributed by atoms with Crippen LogP contribution in [-0.4, -0.2) is 16.9 Å². The molecule has 0 aromatic heterocycles. The molecule has 0 spiro atoms. The second-order valence-corrected chi connectivity index (χ2v) is 3.02. The molecule has 0 saturated heterocycles. The zero-order valence-electron chi connectivity index (χ0n) is 7.69. The van der Waals surface area contributed by atoms with Crippen LogP contribution in [0.1, 0.15) is 28.8 Å². The number of carboxylic acid groups (broad SMARTS) is 1. The summed E-state index contributed by atoms with van der Waals surface area (Å²) in [5.74, 6) is -1.11. The number of hydrogen-bond donors (Lipinski definition) is 1. The molecular formula is C11H11O3. The quantitative estimate of drug-likeness (QED) is 0.739. The van der Waals surface area contributed by atoms with Crippen LogP contribution in [0, 0.1) is 6.92 Å². The summed E-state index contributed by atoms with van der Waals surface area (Å²) in [7, 11) is 0. The third kappa shape index (κ3) is 3.01. The van der Waals surface area contributed by atoms with E-state index in [0.717, 1.165) is 5.56 Å². The van der Waals surface area contributed by atoms with Crippen molar-refractivity contribution in [2.45, 2.75) is 12.8 Å². The molecule has 0 bridgehead atoms. The molecule has 0 unspecified atom stereocenters. The van der Waals surface area contributed by atoms with Gasteiger partial charge in [-0.3, -0.25) is 9.59 Å². The summed E-state index contributed by atoms with van der Waals surface area (Å²) in [6, 6.07) is 6.84. The van der Waals surface area contributed by atoms with Gasteiger partial charge in [0.05, 0.1) is 6.42 Å². The molecule has 73 valence electrons. The molecule has 3 nitrogen and oxygen atoms in total. The highest BCUT2D eigenvalue weighted by atomic mass is 16.4. The molecule has 1 rings (SSSR count). The number of carbonyl (C=O) groups is 2. The molecule has 0 fully saturated rings. The molecule has 0 atom stereocenters. The Hall–Kier alpha value is -1.64. The molecule has 1 N–H and O–H groups in total. The highest BCUT2D eigenvalue weighted by molar-refractivity contribution is 5.97. The van der Waals surface area contributed by atoms with Crippen LogP contribution in [-0.2, 0) is 4.79 Å². The zero-order valence-corrected chi connectivity index (χ0v) is 7.69. The topological polar surface area (TPSA) is 54.4 Å². The van der Waals surface area contributed by atoms with E-state index < -0.39 is 5.97 Å². The molecule has 0 aliphatic carbocycles. The minimum absolute atomic E-state index is 0.0405. The third-order valence-electron chi connectivity index (χ3n) is 1.81. The predicted octanol–water partition coefficient (Wildman–Crippen LogP) is 1.92. The summed E-state index contributed by atoms with van der Waals surface area (Å²) in [5.41, 5.74) is 1.28. The minimum Gasteiger partial charge on any atom is -0.481 e. The number of carboxylic acids is 1. The maximum atomic E-state index is 11.4. The number of ketones is 1. The highest BCUT2D eigenvalue weighted by Gasteiger charge is 2.07. The van der Waals surface area contributed by atoms with Crippen molar-refractivity contribution in [2.75, 3.05) is 0 Å². The van der Waals surface area contributed by atoms with Crippen LogP contribution in [0.5, 0.6) is 0 Å². The van der Waals surface area contributed by atoms with Crippen molar-refractivity contribution in [3.05, 3.63) is 42.3 Å². The van der Waals surface area contributed by atoms with E-state index >= 15 is 0 Å². The van der Waals surface area contributed by atoms with E-state index in [9.17, 15) is 9.59 Å². The molecule has 0 aliphatic heterocycles. The zero-order chi connectivity index (χ0) is 10.6. The van der Waals surface area contributed by atoms with Gasteiger partial charge in [0.15, 0.2) is 5.78 Å². The van der Waals surface area contributed by atoms with Crippen LogP contribution in [0.4, 0.5) is 0 Å². The largest absolute Gasteiger partial charge is 0.481 e. The molecule has 0 heterocycles. The Kier molecular flexibility index (Phi) is 3.40. The van der Waals surface area contributed by atoms with Crippen molar-refractivity contribution in [1.82, 2.24) is 0 Å². The third-order valence-corrected chi connectivity index (χ3v) is 1.81. The van der Waals surface area contributed by atoms with Gasteiger partial charge >= 0.3 is 5.97 Å². The molecule has 3 heteroatoms. The Morgan fingerprint density at radius 3 is 2.57 bits per heavy atom.